The molecular formula is C14H13N3O2. The van der Waals surface area contributed by atoms with Gasteiger partial charge < -0.3 is 9.84 Å². The fourth-order valence-corrected chi connectivity index (χ4v) is 1.82. The molecule has 2 aromatic rings. The van der Waals surface area contributed by atoms with E-state index in [1.54, 1.807) is 31.2 Å². The minimum Gasteiger partial charge on any atom is -0.361 e. The number of aryl methyl sites for hydroxylation is 2. The van der Waals surface area contributed by atoms with Crippen molar-refractivity contribution in [3.05, 3.63) is 46.8 Å². The van der Waals surface area contributed by atoms with E-state index in [1.807, 2.05) is 13.0 Å². The van der Waals surface area contributed by atoms with Crippen LogP contribution >= 0.6 is 0 Å². The molecule has 0 radical (unpaired) electrons. The second-order valence-electron chi connectivity index (χ2n) is 4.03. The van der Waals surface area contributed by atoms with Gasteiger partial charge in [0.25, 0.3) is 5.91 Å². The summed E-state index contributed by atoms with van der Waals surface area (Å²) in [4.78, 5) is 12.2. The number of benzene rings is 1. The molecule has 5 nitrogen and oxygen atoms in total. The van der Waals surface area contributed by atoms with Gasteiger partial charge in [0.05, 0.1) is 16.9 Å². The number of rotatable bonds is 3. The van der Waals surface area contributed by atoms with E-state index in [0.29, 0.717) is 34.7 Å². The monoisotopic (exact) mass is 255 g/mol. The van der Waals surface area contributed by atoms with Crippen molar-refractivity contribution in [2.45, 2.75) is 20.3 Å². The number of hydrogen-bond donors (Lipinski definition) is 1. The van der Waals surface area contributed by atoms with E-state index in [0.717, 1.165) is 0 Å². The number of carbonyl (C=O) groups is 1. The second-order valence-corrected chi connectivity index (χ2v) is 4.03. The second kappa shape index (κ2) is 5.36. The average molecular weight is 255 g/mol. The maximum atomic E-state index is 12.2. The molecule has 96 valence electrons. The van der Waals surface area contributed by atoms with Crippen molar-refractivity contribution in [2.75, 3.05) is 5.32 Å². The molecule has 1 aromatic carbocycles. The van der Waals surface area contributed by atoms with Crippen molar-refractivity contribution < 1.29 is 9.32 Å². The van der Waals surface area contributed by atoms with Gasteiger partial charge in [0, 0.05) is 0 Å². The lowest BCUT2D eigenvalue weighted by atomic mass is 10.1. The van der Waals surface area contributed by atoms with Crippen LogP contribution in [0.5, 0.6) is 0 Å². The standard InChI is InChI=1S/C14H13N3O2/c1-3-11-13(9(2)19-17-11)14(18)16-12-7-5-4-6-10(12)8-15/h4-7H,3H2,1-2H3,(H,16,18). The van der Waals surface area contributed by atoms with Crippen LogP contribution in [0.2, 0.25) is 0 Å². The molecular weight excluding hydrogens is 242 g/mol. The normalized spacial score (nSPS) is 9.95. The molecule has 1 N–H and O–H groups in total. The van der Waals surface area contributed by atoms with E-state index in [1.165, 1.54) is 0 Å². The lowest BCUT2D eigenvalue weighted by Gasteiger charge is -2.06. The summed E-state index contributed by atoms with van der Waals surface area (Å²) in [5.41, 5.74) is 1.96. The van der Waals surface area contributed by atoms with Crippen molar-refractivity contribution >= 4 is 11.6 Å². The maximum absolute atomic E-state index is 12.2. The minimum atomic E-state index is -0.307. The van der Waals surface area contributed by atoms with Crippen LogP contribution < -0.4 is 5.32 Å². The Morgan fingerprint density at radius 1 is 1.47 bits per heavy atom. The third kappa shape index (κ3) is 2.47. The number of amides is 1. The quantitative estimate of drug-likeness (QED) is 0.914. The highest BCUT2D eigenvalue weighted by Crippen LogP contribution is 2.19. The molecule has 0 bridgehead atoms. The Bertz CT molecular complexity index is 653. The van der Waals surface area contributed by atoms with Crippen molar-refractivity contribution in [3.63, 3.8) is 0 Å². The molecule has 1 amide bonds. The zero-order chi connectivity index (χ0) is 13.8. The summed E-state index contributed by atoms with van der Waals surface area (Å²) in [7, 11) is 0. The highest BCUT2D eigenvalue weighted by atomic mass is 16.5. The molecule has 19 heavy (non-hydrogen) atoms. The van der Waals surface area contributed by atoms with Crippen LogP contribution in [0.4, 0.5) is 5.69 Å². The third-order valence-electron chi connectivity index (χ3n) is 2.79. The first-order chi connectivity index (χ1) is 9.17. The Hall–Kier alpha value is -2.61. The summed E-state index contributed by atoms with van der Waals surface area (Å²) in [6.07, 6.45) is 0.611. The van der Waals surface area contributed by atoms with Crippen molar-refractivity contribution in [1.29, 1.82) is 5.26 Å². The summed E-state index contributed by atoms with van der Waals surface area (Å²) in [5.74, 6) is 0.169. The summed E-state index contributed by atoms with van der Waals surface area (Å²) in [6, 6.07) is 8.88. The lowest BCUT2D eigenvalue weighted by molar-refractivity contribution is 0.102. The van der Waals surface area contributed by atoms with Crippen molar-refractivity contribution in [3.8, 4) is 6.07 Å². The van der Waals surface area contributed by atoms with Gasteiger partial charge in [-0.25, -0.2) is 0 Å². The minimum absolute atomic E-state index is 0.307. The third-order valence-corrected chi connectivity index (χ3v) is 2.79. The topological polar surface area (TPSA) is 78.9 Å². The molecule has 2 rings (SSSR count). The number of nitriles is 1. The van der Waals surface area contributed by atoms with Gasteiger partial charge in [-0.3, -0.25) is 4.79 Å². The van der Waals surface area contributed by atoms with E-state index in [4.69, 9.17) is 9.78 Å². The molecule has 1 heterocycles. The van der Waals surface area contributed by atoms with Gasteiger partial charge >= 0.3 is 0 Å². The van der Waals surface area contributed by atoms with Gasteiger partial charge in [-0.15, -0.1) is 0 Å². The highest BCUT2D eigenvalue weighted by molar-refractivity contribution is 6.06. The molecule has 0 unspecified atom stereocenters. The summed E-state index contributed by atoms with van der Waals surface area (Å²) in [6.45, 7) is 3.59. The molecule has 0 fully saturated rings. The first kappa shape index (κ1) is 12.8. The zero-order valence-corrected chi connectivity index (χ0v) is 10.7. The van der Waals surface area contributed by atoms with Crippen LogP contribution in [0.1, 0.15) is 34.3 Å². The fourth-order valence-electron chi connectivity index (χ4n) is 1.82. The molecule has 0 aliphatic heterocycles. The number of nitrogens with zero attached hydrogens (tertiary/aromatic N) is 2. The smallest absolute Gasteiger partial charge is 0.261 e. The number of hydrogen-bond acceptors (Lipinski definition) is 4. The number of aromatic nitrogens is 1. The van der Waals surface area contributed by atoms with Crippen LogP contribution in [-0.2, 0) is 6.42 Å². The number of nitrogens with one attached hydrogen (secondary N) is 1. The van der Waals surface area contributed by atoms with Crippen molar-refractivity contribution in [1.82, 2.24) is 5.16 Å². The first-order valence-electron chi connectivity index (χ1n) is 5.93. The lowest BCUT2D eigenvalue weighted by Crippen LogP contribution is -2.15. The highest BCUT2D eigenvalue weighted by Gasteiger charge is 2.19. The molecule has 0 aliphatic rings. The van der Waals surface area contributed by atoms with Crippen molar-refractivity contribution in [2.24, 2.45) is 0 Å². The summed E-state index contributed by atoms with van der Waals surface area (Å²) < 4.78 is 5.03. The van der Waals surface area contributed by atoms with Crippen LogP contribution in [-0.4, -0.2) is 11.1 Å². The van der Waals surface area contributed by atoms with E-state index in [9.17, 15) is 4.79 Å². The maximum Gasteiger partial charge on any atom is 0.261 e. The Labute approximate surface area is 110 Å². The number of carbonyl (C=O) groups excluding carboxylic acids is 1. The average Bonchev–Trinajstić information content (AvgIpc) is 2.80. The molecule has 0 spiro atoms. The number of para-hydroxylation sites is 1. The van der Waals surface area contributed by atoms with E-state index < -0.39 is 0 Å². The van der Waals surface area contributed by atoms with E-state index in [-0.39, 0.29) is 5.91 Å². The molecule has 5 heteroatoms. The van der Waals surface area contributed by atoms with Crippen LogP contribution in [0.3, 0.4) is 0 Å². The largest absolute Gasteiger partial charge is 0.361 e. The van der Waals surface area contributed by atoms with E-state index >= 15 is 0 Å². The van der Waals surface area contributed by atoms with E-state index in [2.05, 4.69) is 10.5 Å². The Balaban J connectivity index is 2.31. The van der Waals surface area contributed by atoms with Crippen LogP contribution in [0, 0.1) is 18.3 Å². The van der Waals surface area contributed by atoms with Gasteiger partial charge in [0.2, 0.25) is 0 Å². The Kier molecular flexibility index (Phi) is 3.62. The summed E-state index contributed by atoms with van der Waals surface area (Å²) >= 11 is 0. The molecule has 0 saturated heterocycles. The van der Waals surface area contributed by atoms with Gasteiger partial charge in [0.1, 0.15) is 17.4 Å². The first-order valence-corrected chi connectivity index (χ1v) is 5.93. The molecule has 1 aromatic heterocycles. The Morgan fingerprint density at radius 3 is 2.89 bits per heavy atom. The van der Waals surface area contributed by atoms with Crippen LogP contribution in [0.25, 0.3) is 0 Å². The predicted molar refractivity (Wildman–Crippen MR) is 69.7 cm³/mol. The Morgan fingerprint density at radius 2 is 2.21 bits per heavy atom. The number of anilines is 1. The van der Waals surface area contributed by atoms with Gasteiger partial charge in [-0.2, -0.15) is 5.26 Å². The fraction of sp³-hybridized carbons (Fsp3) is 0.214. The molecule has 0 saturated carbocycles. The SMILES string of the molecule is CCc1noc(C)c1C(=O)Nc1ccccc1C#N. The predicted octanol–water partition coefficient (Wildman–Crippen LogP) is 2.67. The zero-order valence-electron chi connectivity index (χ0n) is 10.7. The summed E-state index contributed by atoms with van der Waals surface area (Å²) in [5, 5.41) is 15.5. The van der Waals surface area contributed by atoms with Gasteiger partial charge in [-0.1, -0.05) is 24.2 Å². The van der Waals surface area contributed by atoms with Gasteiger partial charge in [-0.05, 0) is 25.5 Å². The molecule has 0 aliphatic carbocycles. The van der Waals surface area contributed by atoms with Crippen LogP contribution in [0.15, 0.2) is 28.8 Å². The van der Waals surface area contributed by atoms with Gasteiger partial charge in [0.15, 0.2) is 0 Å². The molecule has 0 atom stereocenters.